The Morgan fingerprint density at radius 2 is 2.36 bits per heavy atom. The molecular formula is C10H15ClN2S. The van der Waals surface area contributed by atoms with Gasteiger partial charge in [0.1, 0.15) is 5.15 Å². The molecule has 0 fully saturated rings. The average molecular weight is 231 g/mol. The maximum absolute atomic E-state index is 5.71. The minimum absolute atomic E-state index is 0.340. The van der Waals surface area contributed by atoms with Crippen LogP contribution >= 0.6 is 23.4 Å². The van der Waals surface area contributed by atoms with Crippen molar-refractivity contribution in [3.63, 3.8) is 0 Å². The summed E-state index contributed by atoms with van der Waals surface area (Å²) in [5.74, 6) is 1.13. The van der Waals surface area contributed by atoms with E-state index in [2.05, 4.69) is 23.5 Å². The summed E-state index contributed by atoms with van der Waals surface area (Å²) in [4.78, 5) is 4.05. The Morgan fingerprint density at radius 1 is 1.57 bits per heavy atom. The van der Waals surface area contributed by atoms with Crippen LogP contribution in [-0.4, -0.2) is 23.5 Å². The van der Waals surface area contributed by atoms with Gasteiger partial charge in [0, 0.05) is 24.5 Å². The molecule has 1 N–H and O–H groups in total. The topological polar surface area (TPSA) is 24.9 Å². The Labute approximate surface area is 94.5 Å². The monoisotopic (exact) mass is 230 g/mol. The van der Waals surface area contributed by atoms with Crippen molar-refractivity contribution in [2.75, 3.05) is 18.6 Å². The molecule has 0 amide bonds. The fourth-order valence-corrected chi connectivity index (χ4v) is 1.57. The second-order valence-corrected chi connectivity index (χ2v) is 4.46. The third-order valence-electron chi connectivity index (χ3n) is 2.01. The van der Waals surface area contributed by atoms with E-state index in [0.29, 0.717) is 11.2 Å². The molecule has 0 aliphatic carbocycles. The quantitative estimate of drug-likeness (QED) is 0.622. The highest BCUT2D eigenvalue weighted by Gasteiger charge is 2.03. The number of rotatable bonds is 5. The van der Waals surface area contributed by atoms with Crippen molar-refractivity contribution >= 4 is 23.4 Å². The lowest BCUT2D eigenvalue weighted by atomic mass is 10.1. The highest BCUT2D eigenvalue weighted by atomic mass is 35.5. The first kappa shape index (κ1) is 11.8. The average Bonchev–Trinajstić information content (AvgIpc) is 2.19. The lowest BCUT2D eigenvalue weighted by molar-refractivity contribution is 0.599. The van der Waals surface area contributed by atoms with Crippen LogP contribution in [-0.2, 0) is 0 Å². The predicted molar refractivity (Wildman–Crippen MR) is 64.0 cm³/mol. The number of aromatic nitrogens is 1. The van der Waals surface area contributed by atoms with Crippen LogP contribution in [0, 0.1) is 0 Å². The van der Waals surface area contributed by atoms with E-state index >= 15 is 0 Å². The first-order chi connectivity index (χ1) is 6.74. The summed E-state index contributed by atoms with van der Waals surface area (Å²) in [5.41, 5.74) is 1.18. The SMILES string of the molecule is CSCCNC(C)c1ccc(Cl)nc1. The summed E-state index contributed by atoms with van der Waals surface area (Å²) >= 11 is 7.55. The van der Waals surface area contributed by atoms with Crippen LogP contribution in [0.3, 0.4) is 0 Å². The van der Waals surface area contributed by atoms with Crippen LogP contribution in [0.2, 0.25) is 5.15 Å². The largest absolute Gasteiger partial charge is 0.309 e. The van der Waals surface area contributed by atoms with E-state index in [4.69, 9.17) is 11.6 Å². The zero-order chi connectivity index (χ0) is 10.4. The molecule has 0 aliphatic rings. The van der Waals surface area contributed by atoms with Crippen LogP contribution in [0.25, 0.3) is 0 Å². The van der Waals surface area contributed by atoms with E-state index in [9.17, 15) is 0 Å². The molecule has 0 saturated carbocycles. The van der Waals surface area contributed by atoms with Crippen LogP contribution in [0.15, 0.2) is 18.3 Å². The van der Waals surface area contributed by atoms with Gasteiger partial charge in [-0.3, -0.25) is 0 Å². The maximum Gasteiger partial charge on any atom is 0.129 e. The zero-order valence-electron chi connectivity index (χ0n) is 8.46. The van der Waals surface area contributed by atoms with Crippen molar-refractivity contribution in [3.8, 4) is 0 Å². The molecule has 1 aromatic rings. The minimum atomic E-state index is 0.340. The van der Waals surface area contributed by atoms with Crippen LogP contribution < -0.4 is 5.32 Å². The van der Waals surface area contributed by atoms with Gasteiger partial charge in [-0.05, 0) is 24.8 Å². The summed E-state index contributed by atoms with van der Waals surface area (Å²) in [5, 5.41) is 3.96. The maximum atomic E-state index is 5.71. The van der Waals surface area contributed by atoms with E-state index < -0.39 is 0 Å². The van der Waals surface area contributed by atoms with Gasteiger partial charge in [-0.25, -0.2) is 4.98 Å². The second-order valence-electron chi connectivity index (χ2n) is 3.08. The van der Waals surface area contributed by atoms with Gasteiger partial charge in [0.2, 0.25) is 0 Å². The lowest BCUT2D eigenvalue weighted by Gasteiger charge is -2.13. The van der Waals surface area contributed by atoms with E-state index in [-0.39, 0.29) is 0 Å². The van der Waals surface area contributed by atoms with Crippen molar-refractivity contribution < 1.29 is 0 Å². The summed E-state index contributed by atoms with van der Waals surface area (Å²) in [7, 11) is 0. The molecule has 0 radical (unpaired) electrons. The second kappa shape index (κ2) is 6.27. The number of nitrogens with one attached hydrogen (secondary N) is 1. The van der Waals surface area contributed by atoms with Crippen molar-refractivity contribution in [2.24, 2.45) is 0 Å². The van der Waals surface area contributed by atoms with Crippen LogP contribution in [0.1, 0.15) is 18.5 Å². The van der Waals surface area contributed by atoms with Gasteiger partial charge >= 0.3 is 0 Å². The van der Waals surface area contributed by atoms with Gasteiger partial charge in [-0.1, -0.05) is 17.7 Å². The van der Waals surface area contributed by atoms with Gasteiger partial charge in [-0.2, -0.15) is 11.8 Å². The fraction of sp³-hybridized carbons (Fsp3) is 0.500. The molecule has 4 heteroatoms. The molecular weight excluding hydrogens is 216 g/mol. The van der Waals surface area contributed by atoms with E-state index in [1.165, 1.54) is 5.56 Å². The molecule has 2 nitrogen and oxygen atoms in total. The normalized spacial score (nSPS) is 12.8. The molecule has 0 aromatic carbocycles. The Balaban J connectivity index is 2.43. The lowest BCUT2D eigenvalue weighted by Crippen LogP contribution is -2.21. The molecule has 78 valence electrons. The van der Waals surface area contributed by atoms with E-state index in [1.807, 2.05) is 30.1 Å². The van der Waals surface area contributed by atoms with Crippen molar-refractivity contribution in [2.45, 2.75) is 13.0 Å². The molecule has 1 unspecified atom stereocenters. The Bertz CT molecular complexity index is 263. The molecule has 1 heterocycles. The van der Waals surface area contributed by atoms with Crippen molar-refractivity contribution in [1.82, 2.24) is 10.3 Å². The Morgan fingerprint density at radius 3 is 2.93 bits per heavy atom. The van der Waals surface area contributed by atoms with Crippen molar-refractivity contribution in [3.05, 3.63) is 29.0 Å². The fourth-order valence-electron chi connectivity index (χ4n) is 1.14. The number of hydrogen-bond donors (Lipinski definition) is 1. The highest BCUT2D eigenvalue weighted by Crippen LogP contribution is 2.13. The van der Waals surface area contributed by atoms with Gasteiger partial charge in [0.25, 0.3) is 0 Å². The summed E-state index contributed by atoms with van der Waals surface area (Å²) in [6.45, 7) is 3.15. The van der Waals surface area contributed by atoms with Crippen LogP contribution in [0.5, 0.6) is 0 Å². The van der Waals surface area contributed by atoms with Crippen molar-refractivity contribution in [1.29, 1.82) is 0 Å². The first-order valence-corrected chi connectivity index (χ1v) is 6.35. The standard InChI is InChI=1S/C10H15ClN2S/c1-8(12-5-6-14-2)9-3-4-10(11)13-7-9/h3-4,7-8,12H,5-6H2,1-2H3. The summed E-state index contributed by atoms with van der Waals surface area (Å²) < 4.78 is 0. The van der Waals surface area contributed by atoms with Crippen LogP contribution in [0.4, 0.5) is 0 Å². The molecule has 14 heavy (non-hydrogen) atoms. The number of pyridine rings is 1. The molecule has 1 atom stereocenters. The highest BCUT2D eigenvalue weighted by molar-refractivity contribution is 7.98. The first-order valence-electron chi connectivity index (χ1n) is 4.58. The summed E-state index contributed by atoms with van der Waals surface area (Å²) in [6, 6.07) is 4.17. The number of nitrogens with zero attached hydrogens (tertiary/aromatic N) is 1. The number of hydrogen-bond acceptors (Lipinski definition) is 3. The zero-order valence-corrected chi connectivity index (χ0v) is 10.0. The summed E-state index contributed by atoms with van der Waals surface area (Å²) in [6.07, 6.45) is 3.93. The molecule has 1 aromatic heterocycles. The predicted octanol–water partition coefficient (Wildman–Crippen LogP) is 2.75. The molecule has 0 saturated heterocycles. The third-order valence-corrected chi connectivity index (χ3v) is 2.84. The smallest absolute Gasteiger partial charge is 0.129 e. The number of thioether (sulfide) groups is 1. The van der Waals surface area contributed by atoms with Gasteiger partial charge in [0.15, 0.2) is 0 Å². The molecule has 1 rings (SSSR count). The molecule has 0 spiro atoms. The minimum Gasteiger partial charge on any atom is -0.309 e. The van der Waals surface area contributed by atoms with E-state index in [0.717, 1.165) is 12.3 Å². The Kier molecular flexibility index (Phi) is 5.30. The van der Waals surface area contributed by atoms with E-state index in [1.54, 1.807) is 0 Å². The number of halogens is 1. The molecule has 0 bridgehead atoms. The Hall–Kier alpha value is -0.250. The molecule has 0 aliphatic heterocycles. The van der Waals surface area contributed by atoms with Gasteiger partial charge in [0.05, 0.1) is 0 Å². The third kappa shape index (κ3) is 3.86. The van der Waals surface area contributed by atoms with Gasteiger partial charge in [-0.15, -0.1) is 0 Å². The van der Waals surface area contributed by atoms with Gasteiger partial charge < -0.3 is 5.32 Å².